The molecule has 0 rings (SSSR count). The van der Waals surface area contributed by atoms with Crippen molar-refractivity contribution < 1.29 is 0 Å². The first-order chi connectivity index (χ1) is 4.21. The molecule has 0 aliphatic carbocycles. The summed E-state index contributed by atoms with van der Waals surface area (Å²) < 4.78 is 0. The van der Waals surface area contributed by atoms with Gasteiger partial charge < -0.3 is 0 Å². The minimum atomic E-state index is -0.0483. The van der Waals surface area contributed by atoms with Crippen LogP contribution in [0.5, 0.6) is 0 Å². The molecule has 0 aromatic rings. The molecular weight excluding hydrogens is 281 g/mol. The lowest BCUT2D eigenvalue weighted by Gasteiger charge is -2.21. The SMILES string of the molecule is [SiH3][Si]([SiH3])([SiH3])[SiH2][SiH2][Si]([SiH3])([SiH3])[SiH3]. The largest absolute Gasteiger partial charge is 0.0110 e. The predicted octanol–water partition coefficient (Wildman–Crippen LogP) is -9.70. The van der Waals surface area contributed by atoms with Crippen LogP contribution in [-0.4, -0.2) is 88.0 Å². The maximum atomic E-state index is 1.75. The van der Waals surface area contributed by atoms with Crippen LogP contribution < -0.4 is 0 Å². The van der Waals surface area contributed by atoms with E-state index in [0.717, 1.165) is 17.1 Å². The van der Waals surface area contributed by atoms with E-state index in [1.54, 1.807) is 58.6 Å². The highest BCUT2D eigenvalue weighted by Crippen LogP contribution is 1.82. The van der Waals surface area contributed by atoms with Gasteiger partial charge in [0.15, 0.2) is 0 Å². The van der Waals surface area contributed by atoms with Crippen LogP contribution in [0.1, 0.15) is 0 Å². The third-order valence-electron chi connectivity index (χ3n) is 1.62. The summed E-state index contributed by atoms with van der Waals surface area (Å²) >= 11 is 0. The van der Waals surface area contributed by atoms with E-state index >= 15 is 0 Å². The highest BCUT2D eigenvalue weighted by Gasteiger charge is 2.20. The van der Waals surface area contributed by atoms with E-state index in [0.29, 0.717) is 0 Å². The zero-order valence-electron chi connectivity index (χ0n) is 8.41. The van der Waals surface area contributed by atoms with Crippen LogP contribution in [0.25, 0.3) is 0 Å². The Morgan fingerprint density at radius 3 is 0.900 bits per heavy atom. The van der Waals surface area contributed by atoms with E-state index in [1.807, 2.05) is 0 Å². The van der Waals surface area contributed by atoms with Crippen LogP contribution in [-0.2, 0) is 0 Å². The van der Waals surface area contributed by atoms with Gasteiger partial charge in [0.1, 0.15) is 0 Å². The maximum absolute atomic E-state index is 1.75. The molecule has 0 spiro atoms. The van der Waals surface area contributed by atoms with E-state index in [1.165, 1.54) is 0 Å². The Morgan fingerprint density at radius 2 is 0.800 bits per heavy atom. The van der Waals surface area contributed by atoms with Gasteiger partial charge in [-0.3, -0.25) is 0 Å². The van der Waals surface area contributed by atoms with Crippen molar-refractivity contribution in [3.63, 3.8) is 0 Å². The lowest BCUT2D eigenvalue weighted by molar-refractivity contribution is 3.56. The van der Waals surface area contributed by atoms with Crippen molar-refractivity contribution in [2.24, 2.45) is 0 Å². The first-order valence-electron chi connectivity index (χ1n) is 4.21. The lowest BCUT2D eigenvalue weighted by atomic mass is 25.9. The minimum Gasteiger partial charge on any atom is -0.0110 e. The summed E-state index contributed by atoms with van der Waals surface area (Å²) in [5.41, 5.74) is 0. The molecule has 0 saturated heterocycles. The topological polar surface area (TPSA) is 0 Å². The molecule has 0 heterocycles. The lowest BCUT2D eigenvalue weighted by Crippen LogP contribution is -2.58. The highest BCUT2D eigenvalue weighted by molar-refractivity contribution is 7.96. The number of rotatable bonds is 3. The Hall–Kier alpha value is 2.17. The fourth-order valence-electron chi connectivity index (χ4n) is 0.750. The van der Waals surface area contributed by atoms with E-state index in [9.17, 15) is 0 Å². The predicted molar refractivity (Wildman–Crippen MR) is 88.2 cm³/mol. The summed E-state index contributed by atoms with van der Waals surface area (Å²) in [7, 11) is 12.0. The highest BCUT2D eigenvalue weighted by atomic mass is 30.3. The van der Waals surface area contributed by atoms with Crippen molar-refractivity contribution in [1.82, 2.24) is 0 Å². The molecule has 10 heteroatoms. The number of hydrogen-bond donors (Lipinski definition) is 0. The smallest absolute Gasteiger partial charge is 0.00631 e. The van der Waals surface area contributed by atoms with Crippen LogP contribution in [0, 0.1) is 0 Å². The van der Waals surface area contributed by atoms with Crippen molar-refractivity contribution in [1.29, 1.82) is 0 Å². The van der Waals surface area contributed by atoms with Gasteiger partial charge in [-0.25, -0.2) is 0 Å². The van der Waals surface area contributed by atoms with Crippen LogP contribution in [0.2, 0.25) is 0 Å². The maximum Gasteiger partial charge on any atom is -0.00631 e. The van der Waals surface area contributed by atoms with Crippen LogP contribution >= 0.6 is 0 Å². The third kappa shape index (κ3) is 10.2. The first-order valence-corrected chi connectivity index (χ1v) is 37.9. The fourth-order valence-corrected chi connectivity index (χ4v) is 182. The fraction of sp³-hybridized carbons (Fsp3) is 0. The molecule has 0 aromatic carbocycles. The molecule has 0 atom stereocenters. The Morgan fingerprint density at radius 1 is 0.600 bits per heavy atom. The summed E-state index contributed by atoms with van der Waals surface area (Å²) in [4.78, 5) is 0. The Kier molecular flexibility index (Phi) is 5.38. The monoisotopic (exact) mass is 302 g/mol. The van der Waals surface area contributed by atoms with E-state index < -0.39 is 0 Å². The molecule has 0 aliphatic heterocycles. The van der Waals surface area contributed by atoms with Gasteiger partial charge in [-0.2, -0.15) is 0 Å². The summed E-state index contributed by atoms with van der Waals surface area (Å²) in [6, 6.07) is 0. The number of hydrogen-bond acceptors (Lipinski definition) is 0. The van der Waals surface area contributed by atoms with E-state index in [-0.39, 0.29) is 12.3 Å². The average molecular weight is 303 g/mol. The van der Waals surface area contributed by atoms with Crippen molar-refractivity contribution in [2.75, 3.05) is 0 Å². The van der Waals surface area contributed by atoms with Gasteiger partial charge in [-0.1, -0.05) is 0 Å². The van der Waals surface area contributed by atoms with Crippen molar-refractivity contribution in [3.05, 3.63) is 0 Å². The molecule has 0 radical (unpaired) electrons. The zero-order valence-corrected chi connectivity index (χ0v) is 25.2. The minimum absolute atomic E-state index is 0.0483. The van der Waals surface area contributed by atoms with Crippen molar-refractivity contribution >= 4 is 88.0 Å². The third-order valence-corrected chi connectivity index (χ3v) is 132. The van der Waals surface area contributed by atoms with Crippen LogP contribution in [0.15, 0.2) is 0 Å². The Bertz CT molecular complexity index is 73.6. The molecular formula is H22Si10. The molecule has 0 amide bonds. The molecule has 0 nitrogen and oxygen atoms in total. The summed E-state index contributed by atoms with van der Waals surface area (Å²) in [5, 5.41) is 0. The van der Waals surface area contributed by atoms with Gasteiger partial charge in [-0.15, -0.1) is 0 Å². The molecule has 0 saturated carbocycles. The average Bonchev–Trinajstić information content (AvgIpc) is 1.57. The van der Waals surface area contributed by atoms with Gasteiger partial charge in [-0.05, 0) is 88.0 Å². The molecule has 0 aliphatic rings. The standard InChI is InChI=1S/H22Si10/c1-9(2,3)7-8-10(4,5)6/h7-8H2,1-6H3. The van der Waals surface area contributed by atoms with Gasteiger partial charge in [0.2, 0.25) is 0 Å². The molecule has 62 valence electrons. The van der Waals surface area contributed by atoms with E-state index in [2.05, 4.69) is 0 Å². The van der Waals surface area contributed by atoms with Crippen molar-refractivity contribution in [2.45, 2.75) is 0 Å². The molecule has 10 heavy (non-hydrogen) atoms. The summed E-state index contributed by atoms with van der Waals surface area (Å²) in [6.45, 7) is 0. The summed E-state index contributed by atoms with van der Waals surface area (Å²) in [5.74, 6) is 0. The van der Waals surface area contributed by atoms with Gasteiger partial charge >= 0.3 is 0 Å². The zero-order chi connectivity index (χ0) is 8.41. The molecule has 0 unspecified atom stereocenters. The van der Waals surface area contributed by atoms with Gasteiger partial charge in [0.05, 0.1) is 0 Å². The second kappa shape index (κ2) is 4.42. The quantitative estimate of drug-likeness (QED) is 0.454. The normalized spacial score (nSPS) is 27.6. The molecule has 0 aromatic heterocycles. The van der Waals surface area contributed by atoms with Gasteiger partial charge in [0, 0.05) is 0 Å². The van der Waals surface area contributed by atoms with Crippen LogP contribution in [0.4, 0.5) is 0 Å². The van der Waals surface area contributed by atoms with Crippen LogP contribution in [0.3, 0.4) is 0 Å². The Balaban J connectivity index is 3.56. The molecule has 0 N–H and O–H groups in total. The summed E-state index contributed by atoms with van der Waals surface area (Å²) in [6.07, 6.45) is -0.0967. The van der Waals surface area contributed by atoms with Crippen molar-refractivity contribution in [3.8, 4) is 0 Å². The second-order valence-corrected chi connectivity index (χ2v) is 152. The Labute approximate surface area is 87.4 Å². The molecule has 0 fully saturated rings. The first kappa shape index (κ1) is 12.2. The van der Waals surface area contributed by atoms with Gasteiger partial charge in [0.25, 0.3) is 0 Å². The second-order valence-electron chi connectivity index (χ2n) is 5.62. The van der Waals surface area contributed by atoms with E-state index in [4.69, 9.17) is 0 Å². The molecule has 0 bridgehead atoms.